The average molecular weight is 314 g/mol. The second-order valence-electron chi connectivity index (χ2n) is 3.59. The summed E-state index contributed by atoms with van der Waals surface area (Å²) in [5.41, 5.74) is 4.33. The van der Waals surface area contributed by atoms with Crippen LogP contribution in [-0.2, 0) is 6.18 Å². The van der Waals surface area contributed by atoms with E-state index in [-0.39, 0.29) is 21.6 Å². The van der Waals surface area contributed by atoms with Gasteiger partial charge in [-0.3, -0.25) is 0 Å². The van der Waals surface area contributed by atoms with Gasteiger partial charge in [0.2, 0.25) is 5.95 Å². The minimum absolute atomic E-state index is 0.113. The number of rotatable bonds is 1. The van der Waals surface area contributed by atoms with Gasteiger partial charge in [0.1, 0.15) is 11.5 Å². The molecule has 0 unspecified atom stereocenters. The Morgan fingerprint density at radius 1 is 1.11 bits per heavy atom. The number of aromatic nitrogens is 2. The van der Waals surface area contributed by atoms with Gasteiger partial charge >= 0.3 is 6.18 Å². The lowest BCUT2D eigenvalue weighted by molar-refractivity contribution is -0.137. The third-order valence-corrected chi connectivity index (χ3v) is 2.84. The Morgan fingerprint density at radius 3 is 2.00 bits per heavy atom. The molecule has 1 heterocycles. The summed E-state index contributed by atoms with van der Waals surface area (Å²) >= 11 is 11.5. The zero-order chi connectivity index (χ0) is 14.4. The lowest BCUT2D eigenvalue weighted by Crippen LogP contribution is -2.08. The van der Waals surface area contributed by atoms with Crippen LogP contribution in [0.2, 0.25) is 10.0 Å². The van der Waals surface area contributed by atoms with Crippen molar-refractivity contribution in [1.29, 1.82) is 0 Å². The molecule has 0 spiro atoms. The van der Waals surface area contributed by atoms with Gasteiger partial charge in [0.25, 0.3) is 0 Å². The van der Waals surface area contributed by atoms with Crippen molar-refractivity contribution in [3.63, 3.8) is 0 Å². The molecule has 0 aliphatic heterocycles. The summed E-state index contributed by atoms with van der Waals surface area (Å²) in [5.74, 6) is -1.04. The van der Waals surface area contributed by atoms with Crippen LogP contribution in [0.3, 0.4) is 0 Å². The minimum Gasteiger partial charge on any atom is -0.383 e. The highest BCUT2D eigenvalue weighted by molar-refractivity contribution is 6.37. The van der Waals surface area contributed by atoms with Crippen LogP contribution < -0.4 is 5.73 Å². The quantitative estimate of drug-likeness (QED) is 0.811. The summed E-state index contributed by atoms with van der Waals surface area (Å²) in [4.78, 5) is 0. The number of hydrogen-bond acceptors (Lipinski definition) is 2. The van der Waals surface area contributed by atoms with Crippen LogP contribution in [0.5, 0.6) is 0 Å². The number of benzene rings is 1. The summed E-state index contributed by atoms with van der Waals surface area (Å²) in [6.07, 6.45) is -4.59. The second-order valence-corrected chi connectivity index (χ2v) is 4.40. The van der Waals surface area contributed by atoms with Crippen molar-refractivity contribution in [3.8, 4) is 5.69 Å². The Labute approximate surface area is 114 Å². The van der Waals surface area contributed by atoms with E-state index in [1.165, 1.54) is 0 Å². The Morgan fingerprint density at radius 2 is 1.63 bits per heavy atom. The summed E-state index contributed by atoms with van der Waals surface area (Å²) in [7, 11) is 0. The van der Waals surface area contributed by atoms with Gasteiger partial charge in [-0.2, -0.15) is 17.6 Å². The first-order valence-corrected chi connectivity index (χ1v) is 5.53. The zero-order valence-corrected chi connectivity index (χ0v) is 10.5. The Kier molecular flexibility index (Phi) is 3.36. The van der Waals surface area contributed by atoms with Gasteiger partial charge in [-0.1, -0.05) is 23.2 Å². The van der Waals surface area contributed by atoms with Crippen LogP contribution in [0.15, 0.2) is 18.2 Å². The normalized spacial score (nSPS) is 11.9. The third kappa shape index (κ3) is 2.62. The Balaban J connectivity index is 2.64. The van der Waals surface area contributed by atoms with Gasteiger partial charge in [0, 0.05) is 6.07 Å². The number of alkyl halides is 3. The van der Waals surface area contributed by atoms with Gasteiger partial charge in [0.15, 0.2) is 0 Å². The monoisotopic (exact) mass is 313 g/mol. The van der Waals surface area contributed by atoms with E-state index < -0.39 is 17.7 Å². The number of nitrogens with zero attached hydrogens (tertiary/aromatic N) is 2. The maximum absolute atomic E-state index is 12.9. The fourth-order valence-electron chi connectivity index (χ4n) is 1.48. The fraction of sp³-hybridized carbons (Fsp3) is 0.100. The standard InChI is InChI=1S/C10H5Cl2F4N3/c11-5-1-4(10(14,15)16)2-6(12)9(5)19-8(17)3-7(13)18-19/h1-3H,17H2. The van der Waals surface area contributed by atoms with E-state index in [2.05, 4.69) is 5.10 Å². The summed E-state index contributed by atoms with van der Waals surface area (Å²) < 4.78 is 51.4. The molecule has 0 saturated heterocycles. The molecule has 0 saturated carbocycles. The van der Waals surface area contributed by atoms with Crippen molar-refractivity contribution in [2.24, 2.45) is 0 Å². The Hall–Kier alpha value is -1.47. The van der Waals surface area contributed by atoms with Crippen molar-refractivity contribution in [2.45, 2.75) is 6.18 Å². The first-order chi connectivity index (χ1) is 8.70. The van der Waals surface area contributed by atoms with Crippen LogP contribution in [0.4, 0.5) is 23.4 Å². The molecule has 1 aromatic carbocycles. The highest BCUT2D eigenvalue weighted by atomic mass is 35.5. The van der Waals surface area contributed by atoms with E-state index in [0.29, 0.717) is 12.1 Å². The molecule has 2 rings (SSSR count). The maximum Gasteiger partial charge on any atom is 0.416 e. The lowest BCUT2D eigenvalue weighted by atomic mass is 10.2. The maximum atomic E-state index is 12.9. The molecule has 0 amide bonds. The first-order valence-electron chi connectivity index (χ1n) is 4.78. The molecule has 0 bridgehead atoms. The van der Waals surface area contributed by atoms with Gasteiger partial charge in [-0.25, -0.2) is 4.68 Å². The molecule has 19 heavy (non-hydrogen) atoms. The molecule has 0 aliphatic rings. The summed E-state index contributed by atoms with van der Waals surface area (Å²) in [6.45, 7) is 0. The van der Waals surface area contributed by atoms with E-state index in [9.17, 15) is 17.6 Å². The van der Waals surface area contributed by atoms with Crippen molar-refractivity contribution in [1.82, 2.24) is 9.78 Å². The van der Waals surface area contributed by atoms with E-state index in [1.54, 1.807) is 0 Å². The molecule has 0 radical (unpaired) electrons. The molecule has 0 aliphatic carbocycles. The predicted molar refractivity (Wildman–Crippen MR) is 63.0 cm³/mol. The van der Waals surface area contributed by atoms with Crippen LogP contribution >= 0.6 is 23.2 Å². The molecule has 0 fully saturated rings. The summed E-state index contributed by atoms with van der Waals surface area (Å²) in [6, 6.07) is 2.23. The van der Waals surface area contributed by atoms with Crippen molar-refractivity contribution in [3.05, 3.63) is 39.8 Å². The van der Waals surface area contributed by atoms with Crippen molar-refractivity contribution < 1.29 is 17.6 Å². The third-order valence-electron chi connectivity index (χ3n) is 2.26. The van der Waals surface area contributed by atoms with Gasteiger partial charge in [-0.15, -0.1) is 5.10 Å². The largest absolute Gasteiger partial charge is 0.416 e. The van der Waals surface area contributed by atoms with Crippen LogP contribution in [0, 0.1) is 5.95 Å². The van der Waals surface area contributed by atoms with Crippen LogP contribution in [0.1, 0.15) is 5.56 Å². The van der Waals surface area contributed by atoms with E-state index in [4.69, 9.17) is 28.9 Å². The number of nitrogens with two attached hydrogens (primary N) is 1. The molecular formula is C10H5Cl2F4N3. The van der Waals surface area contributed by atoms with E-state index in [1.807, 2.05) is 0 Å². The molecule has 0 atom stereocenters. The average Bonchev–Trinajstić information content (AvgIpc) is 2.55. The van der Waals surface area contributed by atoms with Gasteiger partial charge in [0.05, 0.1) is 15.6 Å². The number of anilines is 1. The first kappa shape index (κ1) is 14.0. The SMILES string of the molecule is Nc1cc(F)nn1-c1c(Cl)cc(C(F)(F)F)cc1Cl. The van der Waals surface area contributed by atoms with Crippen molar-refractivity contribution >= 4 is 29.0 Å². The molecule has 1 aromatic heterocycles. The summed E-state index contributed by atoms with van der Waals surface area (Å²) in [5, 5.41) is 2.69. The van der Waals surface area contributed by atoms with Gasteiger partial charge in [-0.05, 0) is 12.1 Å². The highest BCUT2D eigenvalue weighted by Crippen LogP contribution is 2.37. The zero-order valence-electron chi connectivity index (χ0n) is 8.97. The molecular weight excluding hydrogens is 309 g/mol. The van der Waals surface area contributed by atoms with Crippen LogP contribution in [-0.4, -0.2) is 9.78 Å². The molecule has 2 N–H and O–H groups in total. The lowest BCUT2D eigenvalue weighted by Gasteiger charge is -2.12. The number of nitrogen functional groups attached to an aromatic ring is 1. The minimum atomic E-state index is -4.59. The van der Waals surface area contributed by atoms with Crippen molar-refractivity contribution in [2.75, 3.05) is 5.73 Å². The van der Waals surface area contributed by atoms with E-state index >= 15 is 0 Å². The van der Waals surface area contributed by atoms with Gasteiger partial charge < -0.3 is 5.73 Å². The molecule has 102 valence electrons. The molecule has 2 aromatic rings. The second kappa shape index (κ2) is 4.57. The van der Waals surface area contributed by atoms with Crippen LogP contribution in [0.25, 0.3) is 5.69 Å². The van der Waals surface area contributed by atoms with E-state index in [0.717, 1.165) is 10.7 Å². The predicted octanol–water partition coefficient (Wildman–Crippen LogP) is 3.92. The Bertz CT molecular complexity index is 613. The number of hydrogen-bond donors (Lipinski definition) is 1. The highest BCUT2D eigenvalue weighted by Gasteiger charge is 2.32. The molecule has 3 nitrogen and oxygen atoms in total. The topological polar surface area (TPSA) is 43.8 Å². The molecule has 9 heteroatoms. The smallest absolute Gasteiger partial charge is 0.383 e. The number of halogens is 6. The fourth-order valence-corrected chi connectivity index (χ4v) is 2.12.